The van der Waals surface area contributed by atoms with E-state index in [4.69, 9.17) is 0 Å². The lowest BCUT2D eigenvalue weighted by atomic mass is 10.1. The zero-order valence-corrected chi connectivity index (χ0v) is 8.91. The Hall–Kier alpha value is -2.50. The van der Waals surface area contributed by atoms with Crippen molar-refractivity contribution in [1.82, 2.24) is 4.98 Å². The van der Waals surface area contributed by atoms with Crippen molar-refractivity contribution in [2.75, 3.05) is 7.11 Å². The molecule has 0 aliphatic carbocycles. The van der Waals surface area contributed by atoms with Crippen molar-refractivity contribution in [1.29, 1.82) is 0 Å². The highest BCUT2D eigenvalue weighted by molar-refractivity contribution is 6.04. The molecule has 0 radical (unpaired) electrons. The topological polar surface area (TPSA) is 82.3 Å². The molecule has 0 bridgehead atoms. The van der Waals surface area contributed by atoms with E-state index < -0.39 is 10.9 Å². The maximum absolute atomic E-state index is 11.5. The average Bonchev–Trinajstić information content (AvgIpc) is 2.36. The van der Waals surface area contributed by atoms with Crippen LogP contribution >= 0.6 is 0 Å². The molecule has 86 valence electrons. The van der Waals surface area contributed by atoms with Crippen LogP contribution in [0.1, 0.15) is 10.4 Å². The molecule has 2 rings (SSSR count). The van der Waals surface area contributed by atoms with Crippen LogP contribution in [-0.2, 0) is 4.74 Å². The second-order valence-electron chi connectivity index (χ2n) is 3.34. The van der Waals surface area contributed by atoms with Crippen LogP contribution in [0.15, 0.2) is 30.6 Å². The largest absolute Gasteiger partial charge is 0.465 e. The molecule has 0 fully saturated rings. The minimum Gasteiger partial charge on any atom is -0.465 e. The zero-order chi connectivity index (χ0) is 12.4. The minimum atomic E-state index is -0.517. The molecule has 17 heavy (non-hydrogen) atoms. The fourth-order valence-electron chi connectivity index (χ4n) is 1.55. The summed E-state index contributed by atoms with van der Waals surface area (Å²) in [5.41, 5.74) is 0.251. The van der Waals surface area contributed by atoms with Gasteiger partial charge in [0.2, 0.25) is 0 Å². The Morgan fingerprint density at radius 2 is 2.18 bits per heavy atom. The number of esters is 1. The van der Waals surface area contributed by atoms with Crippen molar-refractivity contribution in [3.8, 4) is 0 Å². The van der Waals surface area contributed by atoms with Crippen LogP contribution in [-0.4, -0.2) is 23.0 Å². The van der Waals surface area contributed by atoms with Crippen LogP contribution < -0.4 is 0 Å². The van der Waals surface area contributed by atoms with Gasteiger partial charge in [-0.2, -0.15) is 0 Å². The van der Waals surface area contributed by atoms with Crippen LogP contribution in [0.4, 0.5) is 5.69 Å². The van der Waals surface area contributed by atoms with Crippen LogP contribution in [0.2, 0.25) is 0 Å². The van der Waals surface area contributed by atoms with Gasteiger partial charge in [-0.1, -0.05) is 0 Å². The second kappa shape index (κ2) is 4.17. The standard InChI is InChI=1S/C11H8N2O4/c1-17-11(14)10-6-12-5-7-4-8(13(15)16)2-3-9(7)10/h2-6H,1H3. The molecule has 6 heteroatoms. The van der Waals surface area contributed by atoms with Gasteiger partial charge in [-0.25, -0.2) is 4.79 Å². The number of nitrogens with zero attached hydrogens (tertiary/aromatic N) is 2. The molecule has 0 saturated heterocycles. The van der Waals surface area contributed by atoms with Crippen LogP contribution in [0, 0.1) is 10.1 Å². The number of carbonyl (C=O) groups is 1. The van der Waals surface area contributed by atoms with Crippen molar-refractivity contribution >= 4 is 22.4 Å². The number of nitro benzene ring substituents is 1. The first-order chi connectivity index (χ1) is 8.13. The van der Waals surface area contributed by atoms with E-state index in [2.05, 4.69) is 9.72 Å². The number of aromatic nitrogens is 1. The molecule has 1 heterocycles. The highest BCUT2D eigenvalue weighted by Gasteiger charge is 2.13. The summed E-state index contributed by atoms with van der Waals surface area (Å²) in [4.78, 5) is 25.4. The Morgan fingerprint density at radius 1 is 1.41 bits per heavy atom. The summed E-state index contributed by atoms with van der Waals surface area (Å²) in [5.74, 6) is -0.517. The number of ether oxygens (including phenoxy) is 1. The van der Waals surface area contributed by atoms with Gasteiger partial charge in [0.25, 0.3) is 5.69 Å². The highest BCUT2D eigenvalue weighted by Crippen LogP contribution is 2.23. The number of hydrogen-bond donors (Lipinski definition) is 0. The molecule has 0 atom stereocenters. The molecule has 2 aromatic rings. The van der Waals surface area contributed by atoms with Crippen LogP contribution in [0.25, 0.3) is 10.8 Å². The molecular weight excluding hydrogens is 224 g/mol. The third-order valence-corrected chi connectivity index (χ3v) is 2.36. The fraction of sp³-hybridized carbons (Fsp3) is 0.0909. The number of nitro groups is 1. The molecule has 0 unspecified atom stereocenters. The van der Waals surface area contributed by atoms with E-state index in [0.717, 1.165) is 0 Å². The van der Waals surface area contributed by atoms with Gasteiger partial charge in [0.15, 0.2) is 0 Å². The van der Waals surface area contributed by atoms with E-state index in [1.807, 2.05) is 0 Å². The summed E-state index contributed by atoms with van der Waals surface area (Å²) in [6.45, 7) is 0. The molecule has 0 spiro atoms. The van der Waals surface area contributed by atoms with Gasteiger partial charge in [-0.15, -0.1) is 0 Å². The predicted molar refractivity (Wildman–Crippen MR) is 59.7 cm³/mol. The first kappa shape index (κ1) is 11.0. The van der Waals surface area contributed by atoms with Crippen LogP contribution in [0.5, 0.6) is 0 Å². The lowest BCUT2D eigenvalue weighted by Crippen LogP contribution is -2.02. The van der Waals surface area contributed by atoms with Gasteiger partial charge in [0.05, 0.1) is 17.6 Å². The maximum atomic E-state index is 11.5. The number of hydrogen-bond acceptors (Lipinski definition) is 5. The molecule has 1 aromatic carbocycles. The van der Waals surface area contributed by atoms with Crippen molar-refractivity contribution in [3.05, 3.63) is 46.3 Å². The monoisotopic (exact) mass is 232 g/mol. The van der Waals surface area contributed by atoms with E-state index in [1.165, 1.54) is 37.7 Å². The summed E-state index contributed by atoms with van der Waals surface area (Å²) >= 11 is 0. The van der Waals surface area contributed by atoms with E-state index in [1.54, 1.807) is 0 Å². The minimum absolute atomic E-state index is 0.0404. The van der Waals surface area contributed by atoms with E-state index in [9.17, 15) is 14.9 Å². The number of carbonyl (C=O) groups excluding carboxylic acids is 1. The lowest BCUT2D eigenvalue weighted by Gasteiger charge is -2.03. The van der Waals surface area contributed by atoms with Gasteiger partial charge in [-0.05, 0) is 11.5 Å². The fourth-order valence-corrected chi connectivity index (χ4v) is 1.55. The van der Waals surface area contributed by atoms with Gasteiger partial charge >= 0.3 is 5.97 Å². The van der Waals surface area contributed by atoms with E-state index in [-0.39, 0.29) is 5.69 Å². The Bertz CT molecular complexity index is 609. The van der Waals surface area contributed by atoms with Crippen molar-refractivity contribution in [2.24, 2.45) is 0 Å². The Labute approximate surface area is 96.0 Å². The molecule has 0 saturated carbocycles. The molecule has 0 amide bonds. The third-order valence-electron chi connectivity index (χ3n) is 2.36. The smallest absolute Gasteiger partial charge is 0.340 e. The first-order valence-electron chi connectivity index (χ1n) is 4.74. The predicted octanol–water partition coefficient (Wildman–Crippen LogP) is 1.93. The van der Waals surface area contributed by atoms with Gasteiger partial charge in [0, 0.05) is 29.9 Å². The summed E-state index contributed by atoms with van der Waals surface area (Å²) in [6.07, 6.45) is 2.84. The lowest BCUT2D eigenvalue weighted by molar-refractivity contribution is -0.384. The third kappa shape index (κ3) is 1.92. The first-order valence-corrected chi connectivity index (χ1v) is 4.74. The molecule has 0 aliphatic heterocycles. The number of rotatable bonds is 2. The summed E-state index contributed by atoms with van der Waals surface area (Å²) in [7, 11) is 1.27. The van der Waals surface area contributed by atoms with Gasteiger partial charge in [0.1, 0.15) is 0 Å². The molecule has 1 aromatic heterocycles. The Morgan fingerprint density at radius 3 is 2.82 bits per heavy atom. The number of fused-ring (bicyclic) bond motifs is 1. The average molecular weight is 232 g/mol. The van der Waals surface area contributed by atoms with E-state index in [0.29, 0.717) is 16.3 Å². The van der Waals surface area contributed by atoms with Crippen molar-refractivity contribution < 1.29 is 14.5 Å². The molecule has 0 N–H and O–H groups in total. The SMILES string of the molecule is COC(=O)c1cncc2cc([N+](=O)[O-])ccc12. The van der Waals surface area contributed by atoms with Crippen molar-refractivity contribution in [3.63, 3.8) is 0 Å². The van der Waals surface area contributed by atoms with Gasteiger partial charge < -0.3 is 4.74 Å². The quantitative estimate of drug-likeness (QED) is 0.448. The summed E-state index contributed by atoms with van der Waals surface area (Å²) < 4.78 is 4.61. The molecule has 6 nitrogen and oxygen atoms in total. The summed E-state index contributed by atoms with van der Waals surface area (Å²) in [5, 5.41) is 11.7. The summed E-state index contributed by atoms with van der Waals surface area (Å²) in [6, 6.07) is 4.23. The highest BCUT2D eigenvalue weighted by atomic mass is 16.6. The Balaban J connectivity index is 2.67. The number of methoxy groups -OCH3 is 1. The van der Waals surface area contributed by atoms with Crippen LogP contribution in [0.3, 0.4) is 0 Å². The van der Waals surface area contributed by atoms with Crippen molar-refractivity contribution in [2.45, 2.75) is 0 Å². The van der Waals surface area contributed by atoms with E-state index >= 15 is 0 Å². The zero-order valence-electron chi connectivity index (χ0n) is 8.91. The normalized spacial score (nSPS) is 10.2. The second-order valence-corrected chi connectivity index (χ2v) is 3.34. The Kier molecular flexibility index (Phi) is 2.70. The molecular formula is C11H8N2O4. The molecule has 0 aliphatic rings. The number of non-ortho nitro benzene ring substituents is 1. The number of benzene rings is 1. The van der Waals surface area contributed by atoms with Gasteiger partial charge in [-0.3, -0.25) is 15.1 Å². The maximum Gasteiger partial charge on any atom is 0.340 e. The number of pyridine rings is 1.